The molecule has 0 bridgehead atoms. The molecule has 1 aromatic carbocycles. The summed E-state index contributed by atoms with van der Waals surface area (Å²) in [6, 6.07) is 8.56. The maximum atomic E-state index is 11.9. The molecule has 1 amide bonds. The summed E-state index contributed by atoms with van der Waals surface area (Å²) in [7, 11) is 0. The van der Waals surface area contributed by atoms with Gasteiger partial charge in [-0.15, -0.1) is 12.4 Å². The summed E-state index contributed by atoms with van der Waals surface area (Å²) in [6.07, 6.45) is 0.476. The summed E-state index contributed by atoms with van der Waals surface area (Å²) in [4.78, 5) is 11.9. The second kappa shape index (κ2) is 9.03. The van der Waals surface area contributed by atoms with Gasteiger partial charge in [0, 0.05) is 25.6 Å². The zero-order valence-electron chi connectivity index (χ0n) is 12.7. The van der Waals surface area contributed by atoms with E-state index in [1.807, 2.05) is 0 Å². The Kier molecular flexibility index (Phi) is 7.72. The number of ether oxygens (including phenoxy) is 1. The summed E-state index contributed by atoms with van der Waals surface area (Å²) < 4.78 is 5.34. The van der Waals surface area contributed by atoms with Gasteiger partial charge < -0.3 is 15.4 Å². The maximum Gasteiger partial charge on any atom is 0.221 e. The summed E-state index contributed by atoms with van der Waals surface area (Å²) in [5.74, 6) is 0.608. The minimum Gasteiger partial charge on any atom is -0.378 e. The molecule has 0 spiro atoms. The van der Waals surface area contributed by atoms with Crippen LogP contribution in [0.25, 0.3) is 0 Å². The molecule has 118 valence electrons. The number of halogens is 1. The standard InChI is InChI=1S/C16H24N2O2.ClH/c1-12(2)14-5-3-13(4-6-14)10-18-16(19)9-15-11-20-8-7-17-15;/h3-6,12,15,17H,7-11H2,1-2H3,(H,18,19);1H. The fourth-order valence-corrected chi connectivity index (χ4v) is 2.27. The Labute approximate surface area is 133 Å². The first-order chi connectivity index (χ1) is 9.65. The van der Waals surface area contributed by atoms with Gasteiger partial charge in [-0.05, 0) is 17.0 Å². The van der Waals surface area contributed by atoms with E-state index in [1.165, 1.54) is 5.56 Å². The van der Waals surface area contributed by atoms with E-state index in [4.69, 9.17) is 4.74 Å². The molecule has 4 nitrogen and oxygen atoms in total. The van der Waals surface area contributed by atoms with Crippen molar-refractivity contribution in [2.45, 2.75) is 38.8 Å². The van der Waals surface area contributed by atoms with Crippen LogP contribution in [0.15, 0.2) is 24.3 Å². The molecule has 1 heterocycles. The summed E-state index contributed by atoms with van der Waals surface area (Å²) in [5.41, 5.74) is 2.46. The second-order valence-corrected chi connectivity index (χ2v) is 5.60. The zero-order valence-corrected chi connectivity index (χ0v) is 13.5. The highest BCUT2D eigenvalue weighted by atomic mass is 35.5. The molecule has 0 saturated carbocycles. The van der Waals surface area contributed by atoms with Crippen LogP contribution in [0, 0.1) is 0 Å². The lowest BCUT2D eigenvalue weighted by Crippen LogP contribution is -2.44. The lowest BCUT2D eigenvalue weighted by atomic mass is 10.0. The monoisotopic (exact) mass is 312 g/mol. The van der Waals surface area contributed by atoms with Crippen molar-refractivity contribution in [3.8, 4) is 0 Å². The third-order valence-corrected chi connectivity index (χ3v) is 3.57. The van der Waals surface area contributed by atoms with Gasteiger partial charge in [0.15, 0.2) is 0 Å². The molecular formula is C16H25ClN2O2. The number of rotatable bonds is 5. The zero-order chi connectivity index (χ0) is 14.4. The van der Waals surface area contributed by atoms with Crippen molar-refractivity contribution in [3.05, 3.63) is 35.4 Å². The number of amides is 1. The van der Waals surface area contributed by atoms with Gasteiger partial charge in [0.05, 0.1) is 13.2 Å². The van der Waals surface area contributed by atoms with E-state index < -0.39 is 0 Å². The largest absolute Gasteiger partial charge is 0.378 e. The van der Waals surface area contributed by atoms with Crippen LogP contribution in [0.3, 0.4) is 0 Å². The normalized spacial score (nSPS) is 18.1. The minimum absolute atomic E-state index is 0. The van der Waals surface area contributed by atoms with E-state index in [1.54, 1.807) is 0 Å². The van der Waals surface area contributed by atoms with Crippen LogP contribution in [-0.2, 0) is 16.1 Å². The van der Waals surface area contributed by atoms with Crippen LogP contribution >= 0.6 is 12.4 Å². The molecular weight excluding hydrogens is 288 g/mol. The molecule has 1 aliphatic heterocycles. The van der Waals surface area contributed by atoms with Gasteiger partial charge in [-0.2, -0.15) is 0 Å². The molecule has 0 aromatic heterocycles. The van der Waals surface area contributed by atoms with Gasteiger partial charge in [-0.1, -0.05) is 38.1 Å². The second-order valence-electron chi connectivity index (χ2n) is 5.60. The molecule has 1 aliphatic rings. The van der Waals surface area contributed by atoms with E-state index in [2.05, 4.69) is 48.7 Å². The van der Waals surface area contributed by atoms with Gasteiger partial charge in [-0.25, -0.2) is 0 Å². The molecule has 1 saturated heterocycles. The summed E-state index contributed by atoms with van der Waals surface area (Å²) in [5, 5.41) is 6.24. The molecule has 0 aliphatic carbocycles. The lowest BCUT2D eigenvalue weighted by Gasteiger charge is -2.23. The number of benzene rings is 1. The molecule has 1 fully saturated rings. The van der Waals surface area contributed by atoms with Gasteiger partial charge in [-0.3, -0.25) is 4.79 Å². The van der Waals surface area contributed by atoms with Crippen molar-refractivity contribution < 1.29 is 9.53 Å². The van der Waals surface area contributed by atoms with Crippen molar-refractivity contribution in [3.63, 3.8) is 0 Å². The SMILES string of the molecule is CC(C)c1ccc(CNC(=O)CC2COCCN2)cc1.Cl. The van der Waals surface area contributed by atoms with Crippen molar-refractivity contribution in [2.75, 3.05) is 19.8 Å². The van der Waals surface area contributed by atoms with E-state index >= 15 is 0 Å². The summed E-state index contributed by atoms with van der Waals surface area (Å²) >= 11 is 0. The Morgan fingerprint density at radius 1 is 1.38 bits per heavy atom. The molecule has 21 heavy (non-hydrogen) atoms. The Morgan fingerprint density at radius 3 is 2.67 bits per heavy atom. The third kappa shape index (κ3) is 6.04. The topological polar surface area (TPSA) is 50.4 Å². The first-order valence-corrected chi connectivity index (χ1v) is 7.32. The molecule has 1 unspecified atom stereocenters. The van der Waals surface area contributed by atoms with Crippen LogP contribution < -0.4 is 10.6 Å². The Bertz CT molecular complexity index is 428. The van der Waals surface area contributed by atoms with E-state index in [9.17, 15) is 4.79 Å². The van der Waals surface area contributed by atoms with Crippen LogP contribution in [0.5, 0.6) is 0 Å². The highest BCUT2D eigenvalue weighted by Crippen LogP contribution is 2.14. The Morgan fingerprint density at radius 2 is 2.10 bits per heavy atom. The van der Waals surface area contributed by atoms with Gasteiger partial charge in [0.2, 0.25) is 5.91 Å². The number of carbonyl (C=O) groups excluding carboxylic acids is 1. The van der Waals surface area contributed by atoms with E-state index in [0.29, 0.717) is 25.5 Å². The van der Waals surface area contributed by atoms with Crippen molar-refractivity contribution in [1.29, 1.82) is 0 Å². The van der Waals surface area contributed by atoms with Gasteiger partial charge in [0.25, 0.3) is 0 Å². The minimum atomic E-state index is 0. The quantitative estimate of drug-likeness (QED) is 0.876. The number of hydrogen-bond acceptors (Lipinski definition) is 3. The van der Waals surface area contributed by atoms with Crippen LogP contribution in [0.1, 0.15) is 37.3 Å². The first-order valence-electron chi connectivity index (χ1n) is 7.32. The van der Waals surface area contributed by atoms with Crippen molar-refractivity contribution in [2.24, 2.45) is 0 Å². The first kappa shape index (κ1) is 18.0. The number of morpholine rings is 1. The highest BCUT2D eigenvalue weighted by molar-refractivity contribution is 5.85. The van der Waals surface area contributed by atoms with Crippen LogP contribution in [-0.4, -0.2) is 31.7 Å². The summed E-state index contributed by atoms with van der Waals surface area (Å²) in [6.45, 7) is 7.13. The average Bonchev–Trinajstić information content (AvgIpc) is 2.46. The van der Waals surface area contributed by atoms with E-state index in [-0.39, 0.29) is 24.4 Å². The Balaban J connectivity index is 0.00000220. The maximum absolute atomic E-state index is 11.9. The fraction of sp³-hybridized carbons (Fsp3) is 0.562. The van der Waals surface area contributed by atoms with Gasteiger partial charge in [0.1, 0.15) is 0 Å². The van der Waals surface area contributed by atoms with Crippen LogP contribution in [0.4, 0.5) is 0 Å². The average molecular weight is 313 g/mol. The third-order valence-electron chi connectivity index (χ3n) is 3.57. The van der Waals surface area contributed by atoms with Crippen LogP contribution in [0.2, 0.25) is 0 Å². The fourth-order valence-electron chi connectivity index (χ4n) is 2.27. The predicted molar refractivity (Wildman–Crippen MR) is 86.9 cm³/mol. The highest BCUT2D eigenvalue weighted by Gasteiger charge is 2.16. The molecule has 0 radical (unpaired) electrons. The number of hydrogen-bond donors (Lipinski definition) is 2. The van der Waals surface area contributed by atoms with E-state index in [0.717, 1.165) is 18.7 Å². The predicted octanol–water partition coefficient (Wildman–Crippen LogP) is 2.23. The molecule has 1 aromatic rings. The lowest BCUT2D eigenvalue weighted by molar-refractivity contribution is -0.122. The molecule has 2 rings (SSSR count). The molecule has 1 atom stereocenters. The van der Waals surface area contributed by atoms with Crippen molar-refractivity contribution >= 4 is 18.3 Å². The Hall–Kier alpha value is -1.10. The molecule has 2 N–H and O–H groups in total. The smallest absolute Gasteiger partial charge is 0.221 e. The number of nitrogens with one attached hydrogen (secondary N) is 2. The van der Waals surface area contributed by atoms with Gasteiger partial charge >= 0.3 is 0 Å². The molecule has 5 heteroatoms. The van der Waals surface area contributed by atoms with Crippen molar-refractivity contribution in [1.82, 2.24) is 10.6 Å². The number of carbonyl (C=O) groups is 1.